The van der Waals surface area contributed by atoms with Crippen LogP contribution in [0.3, 0.4) is 0 Å². The van der Waals surface area contributed by atoms with Crippen molar-refractivity contribution in [2.75, 3.05) is 12.4 Å². The third-order valence-electron chi connectivity index (χ3n) is 3.93. The average molecular weight is 434 g/mol. The first-order chi connectivity index (χ1) is 12.1. The Balaban J connectivity index is 2.07. The fourth-order valence-corrected chi connectivity index (χ4v) is 4.60. The maximum Gasteiger partial charge on any atom is 0.266 e. The number of nitrogens with one attached hydrogen (secondary N) is 1. The summed E-state index contributed by atoms with van der Waals surface area (Å²) in [6.07, 6.45) is 0. The first-order valence-corrected chi connectivity index (χ1v) is 9.78. The number of amides is 2. The smallest absolute Gasteiger partial charge is 0.266 e. The van der Waals surface area contributed by atoms with Gasteiger partial charge in [0, 0.05) is 17.1 Å². The predicted molar refractivity (Wildman–Crippen MR) is 99.2 cm³/mol. The van der Waals surface area contributed by atoms with Crippen LogP contribution in [0.25, 0.3) is 0 Å². The molecule has 3 rings (SSSR count). The van der Waals surface area contributed by atoms with E-state index in [1.54, 1.807) is 0 Å². The molecule has 2 aromatic rings. The molecular formula is C16H11Cl3N2O4S. The summed E-state index contributed by atoms with van der Waals surface area (Å²) in [5.74, 6) is -3.00. The van der Waals surface area contributed by atoms with E-state index in [0.29, 0.717) is 9.33 Å². The largest absolute Gasteiger partial charge is 0.324 e. The highest BCUT2D eigenvalue weighted by atomic mass is 35.5. The second-order valence-corrected chi connectivity index (χ2v) is 8.76. The number of halogens is 3. The lowest BCUT2D eigenvalue weighted by Gasteiger charge is -2.30. The number of nitrogens with zero attached hydrogens (tertiary/aromatic N) is 1. The van der Waals surface area contributed by atoms with Gasteiger partial charge < -0.3 is 5.32 Å². The molecule has 0 bridgehead atoms. The first-order valence-electron chi connectivity index (χ1n) is 7.21. The molecule has 1 unspecified atom stereocenters. The van der Waals surface area contributed by atoms with Gasteiger partial charge in [-0.3, -0.25) is 9.59 Å². The maximum absolute atomic E-state index is 12.8. The number of carbonyl (C=O) groups is 2. The molecule has 6 nitrogen and oxygen atoms in total. The van der Waals surface area contributed by atoms with E-state index in [1.807, 2.05) is 0 Å². The Labute approximate surface area is 164 Å². The Morgan fingerprint density at radius 1 is 1.08 bits per heavy atom. The number of anilines is 1. The van der Waals surface area contributed by atoms with Crippen molar-refractivity contribution in [2.24, 2.45) is 0 Å². The first kappa shape index (κ1) is 19.0. The molecule has 1 aliphatic rings. The lowest BCUT2D eigenvalue weighted by Crippen LogP contribution is -2.45. The Hall–Kier alpha value is -1.80. The Bertz CT molecular complexity index is 1040. The van der Waals surface area contributed by atoms with Gasteiger partial charge in [0.2, 0.25) is 5.91 Å². The SMILES string of the molecule is CN1C(=O)C(C(=O)Nc2ccc(Cl)cc2Cl)c2cc(Cl)ccc2S1(=O)=O. The summed E-state index contributed by atoms with van der Waals surface area (Å²) in [6, 6.07) is 8.39. The van der Waals surface area contributed by atoms with Crippen LogP contribution in [0.5, 0.6) is 0 Å². The highest BCUT2D eigenvalue weighted by molar-refractivity contribution is 7.89. The van der Waals surface area contributed by atoms with Crippen LogP contribution in [0, 0.1) is 0 Å². The minimum atomic E-state index is -4.04. The molecule has 0 radical (unpaired) electrons. The molecule has 136 valence electrons. The van der Waals surface area contributed by atoms with Gasteiger partial charge >= 0.3 is 0 Å². The Kier molecular flexibility index (Phi) is 4.92. The van der Waals surface area contributed by atoms with Gasteiger partial charge in [-0.25, -0.2) is 12.7 Å². The number of rotatable bonds is 2. The van der Waals surface area contributed by atoms with Gasteiger partial charge in [0.25, 0.3) is 15.9 Å². The highest BCUT2D eigenvalue weighted by Gasteiger charge is 2.44. The van der Waals surface area contributed by atoms with E-state index in [2.05, 4.69) is 5.32 Å². The Morgan fingerprint density at radius 3 is 2.35 bits per heavy atom. The van der Waals surface area contributed by atoms with E-state index >= 15 is 0 Å². The van der Waals surface area contributed by atoms with E-state index in [1.165, 1.54) is 36.4 Å². The van der Waals surface area contributed by atoms with Gasteiger partial charge in [-0.15, -0.1) is 0 Å². The van der Waals surface area contributed by atoms with Crippen molar-refractivity contribution in [2.45, 2.75) is 10.8 Å². The zero-order valence-corrected chi connectivity index (χ0v) is 16.2. The lowest BCUT2D eigenvalue weighted by molar-refractivity contribution is -0.132. The van der Waals surface area contributed by atoms with Crippen molar-refractivity contribution < 1.29 is 18.0 Å². The summed E-state index contributed by atoms with van der Waals surface area (Å²) in [6.45, 7) is 0. The molecule has 0 saturated carbocycles. The summed E-state index contributed by atoms with van der Waals surface area (Å²) >= 11 is 17.8. The second-order valence-electron chi connectivity index (χ2n) is 5.54. The number of sulfonamides is 1. The van der Waals surface area contributed by atoms with Gasteiger partial charge in [-0.05, 0) is 42.0 Å². The second kappa shape index (κ2) is 6.74. The molecule has 2 aromatic carbocycles. The number of fused-ring (bicyclic) bond motifs is 1. The molecule has 0 aromatic heterocycles. The normalized spacial score (nSPS) is 18.4. The van der Waals surface area contributed by atoms with Crippen molar-refractivity contribution in [3.63, 3.8) is 0 Å². The van der Waals surface area contributed by atoms with Gasteiger partial charge in [-0.1, -0.05) is 34.8 Å². The van der Waals surface area contributed by atoms with Crippen molar-refractivity contribution in [3.8, 4) is 0 Å². The quantitative estimate of drug-likeness (QED) is 0.734. The lowest BCUT2D eigenvalue weighted by atomic mass is 9.96. The van der Waals surface area contributed by atoms with Crippen molar-refractivity contribution >= 4 is 62.3 Å². The molecular weight excluding hydrogens is 423 g/mol. The van der Waals surface area contributed by atoms with Crippen LogP contribution in [0.1, 0.15) is 11.5 Å². The maximum atomic E-state index is 12.8. The van der Waals surface area contributed by atoms with Gasteiger partial charge in [0.1, 0.15) is 5.92 Å². The predicted octanol–water partition coefficient (Wildman–Crippen LogP) is 3.53. The van der Waals surface area contributed by atoms with Crippen LogP contribution in [0.2, 0.25) is 15.1 Å². The third-order valence-corrected chi connectivity index (χ3v) is 6.54. The Morgan fingerprint density at radius 2 is 1.69 bits per heavy atom. The van der Waals surface area contributed by atoms with Crippen LogP contribution >= 0.6 is 34.8 Å². The van der Waals surface area contributed by atoms with Crippen molar-refractivity contribution in [1.29, 1.82) is 0 Å². The van der Waals surface area contributed by atoms with E-state index in [0.717, 1.165) is 7.05 Å². The van der Waals surface area contributed by atoms with E-state index in [4.69, 9.17) is 34.8 Å². The summed E-state index contributed by atoms with van der Waals surface area (Å²) in [5, 5.41) is 3.30. The molecule has 2 amide bonds. The molecule has 0 spiro atoms. The van der Waals surface area contributed by atoms with Crippen LogP contribution in [0.15, 0.2) is 41.3 Å². The number of hydrogen-bond acceptors (Lipinski definition) is 4. The number of carbonyl (C=O) groups excluding carboxylic acids is 2. The standard InChI is InChI=1S/C16H11Cl3N2O4S/c1-21-16(23)14(10-6-8(17)3-5-13(10)26(21,24)25)15(22)20-12-4-2-9(18)7-11(12)19/h2-7,14H,1H3,(H,20,22). The number of hydrogen-bond donors (Lipinski definition) is 1. The van der Waals surface area contributed by atoms with Crippen LogP contribution < -0.4 is 5.32 Å². The molecule has 1 heterocycles. The van der Waals surface area contributed by atoms with Crippen molar-refractivity contribution in [3.05, 3.63) is 57.0 Å². The van der Waals surface area contributed by atoms with E-state index in [9.17, 15) is 18.0 Å². The topological polar surface area (TPSA) is 83.6 Å². The van der Waals surface area contributed by atoms with Gasteiger partial charge in [0.15, 0.2) is 0 Å². The third kappa shape index (κ3) is 3.16. The summed E-state index contributed by atoms with van der Waals surface area (Å²) < 4.78 is 25.4. The molecule has 1 aliphatic heterocycles. The van der Waals surface area contributed by atoms with Crippen molar-refractivity contribution in [1.82, 2.24) is 4.31 Å². The van der Waals surface area contributed by atoms with Gasteiger partial charge in [0.05, 0.1) is 15.6 Å². The molecule has 26 heavy (non-hydrogen) atoms. The molecule has 0 aliphatic carbocycles. The molecule has 1 N–H and O–H groups in total. The summed E-state index contributed by atoms with van der Waals surface area (Å²) in [7, 11) is -2.94. The van der Waals surface area contributed by atoms with E-state index < -0.39 is 27.8 Å². The molecule has 10 heteroatoms. The fraction of sp³-hybridized carbons (Fsp3) is 0.125. The van der Waals surface area contributed by atoms with Crippen LogP contribution in [-0.4, -0.2) is 31.6 Å². The van der Waals surface area contributed by atoms with Crippen LogP contribution in [-0.2, 0) is 19.6 Å². The van der Waals surface area contributed by atoms with Crippen LogP contribution in [0.4, 0.5) is 5.69 Å². The zero-order valence-electron chi connectivity index (χ0n) is 13.2. The van der Waals surface area contributed by atoms with E-state index in [-0.39, 0.29) is 26.2 Å². The summed E-state index contributed by atoms with van der Waals surface area (Å²) in [4.78, 5) is 25.2. The molecule has 0 fully saturated rings. The minimum absolute atomic E-state index is 0.0168. The summed E-state index contributed by atoms with van der Waals surface area (Å²) in [5.41, 5.74) is 0.261. The monoisotopic (exact) mass is 432 g/mol. The average Bonchev–Trinajstić information content (AvgIpc) is 2.55. The molecule has 1 atom stereocenters. The zero-order chi connectivity index (χ0) is 19.2. The fourth-order valence-electron chi connectivity index (χ4n) is 2.61. The highest BCUT2D eigenvalue weighted by Crippen LogP contribution is 2.36. The minimum Gasteiger partial charge on any atom is -0.324 e. The number of benzene rings is 2. The molecule has 0 saturated heterocycles. The van der Waals surface area contributed by atoms with Gasteiger partial charge in [-0.2, -0.15) is 0 Å². The number of likely N-dealkylation sites (N-methyl/N-ethyl adjacent to an activating group) is 1.